The van der Waals surface area contributed by atoms with Crippen LogP contribution in [0.2, 0.25) is 0 Å². The Kier molecular flexibility index (Phi) is 4.11. The SMILES string of the molecule is CC1CCCC1(CN)N(C)C1CCN(C)CC1. The van der Waals surface area contributed by atoms with Crippen molar-refractivity contribution in [3.63, 3.8) is 0 Å². The lowest BCUT2D eigenvalue weighted by atomic mass is 9.84. The third kappa shape index (κ3) is 2.38. The number of piperidine rings is 1. The molecule has 1 heterocycles. The Morgan fingerprint density at radius 2 is 1.94 bits per heavy atom. The van der Waals surface area contributed by atoms with Crippen molar-refractivity contribution in [1.82, 2.24) is 9.80 Å². The van der Waals surface area contributed by atoms with E-state index >= 15 is 0 Å². The molecule has 0 aromatic carbocycles. The molecule has 1 aliphatic carbocycles. The summed E-state index contributed by atoms with van der Waals surface area (Å²) in [6, 6.07) is 0.746. The van der Waals surface area contributed by atoms with Gasteiger partial charge in [0.1, 0.15) is 0 Å². The Morgan fingerprint density at radius 1 is 1.29 bits per heavy atom. The van der Waals surface area contributed by atoms with E-state index in [0.717, 1.165) is 18.5 Å². The molecule has 1 aliphatic heterocycles. The molecule has 2 fully saturated rings. The zero-order chi connectivity index (χ0) is 12.5. The van der Waals surface area contributed by atoms with Crippen molar-refractivity contribution in [3.05, 3.63) is 0 Å². The van der Waals surface area contributed by atoms with Crippen LogP contribution in [0.15, 0.2) is 0 Å². The van der Waals surface area contributed by atoms with E-state index in [1.165, 1.54) is 45.2 Å². The second-order valence-corrected chi connectivity index (χ2v) is 6.25. The maximum Gasteiger partial charge on any atom is 0.0357 e. The second kappa shape index (κ2) is 5.25. The van der Waals surface area contributed by atoms with E-state index < -0.39 is 0 Å². The van der Waals surface area contributed by atoms with E-state index in [0.29, 0.717) is 5.54 Å². The van der Waals surface area contributed by atoms with E-state index in [1.807, 2.05) is 0 Å². The molecular formula is C14H29N3. The summed E-state index contributed by atoms with van der Waals surface area (Å²) in [5.41, 5.74) is 6.43. The van der Waals surface area contributed by atoms with Crippen molar-refractivity contribution in [2.24, 2.45) is 11.7 Å². The van der Waals surface area contributed by atoms with E-state index in [1.54, 1.807) is 0 Å². The highest BCUT2D eigenvalue weighted by atomic mass is 15.2. The predicted octanol–water partition coefficient (Wildman–Crippen LogP) is 1.53. The first-order chi connectivity index (χ1) is 8.10. The Hall–Kier alpha value is -0.120. The minimum absolute atomic E-state index is 0.292. The molecule has 1 saturated heterocycles. The molecule has 0 aromatic heterocycles. The zero-order valence-corrected chi connectivity index (χ0v) is 11.8. The third-order valence-electron chi connectivity index (χ3n) is 5.46. The van der Waals surface area contributed by atoms with Crippen LogP contribution < -0.4 is 5.73 Å². The third-order valence-corrected chi connectivity index (χ3v) is 5.46. The van der Waals surface area contributed by atoms with Crippen molar-refractivity contribution in [1.29, 1.82) is 0 Å². The molecule has 2 aliphatic rings. The van der Waals surface area contributed by atoms with E-state index in [4.69, 9.17) is 5.73 Å². The van der Waals surface area contributed by atoms with Crippen LogP contribution in [0.25, 0.3) is 0 Å². The number of nitrogens with zero attached hydrogens (tertiary/aromatic N) is 2. The molecule has 0 radical (unpaired) electrons. The minimum atomic E-state index is 0.292. The summed E-state index contributed by atoms with van der Waals surface area (Å²) in [5.74, 6) is 0.761. The molecule has 0 bridgehead atoms. The molecule has 0 aromatic rings. The summed E-state index contributed by atoms with van der Waals surface area (Å²) in [5, 5.41) is 0. The standard InChI is InChI=1S/C14H29N3/c1-12-5-4-8-14(12,11-15)17(3)13-6-9-16(2)10-7-13/h12-13H,4-11,15H2,1-3H3. The Labute approximate surface area is 106 Å². The quantitative estimate of drug-likeness (QED) is 0.811. The first-order valence-electron chi connectivity index (χ1n) is 7.21. The van der Waals surface area contributed by atoms with Crippen LogP contribution >= 0.6 is 0 Å². The molecule has 3 heteroatoms. The average Bonchev–Trinajstić information content (AvgIpc) is 2.71. The monoisotopic (exact) mass is 239 g/mol. The minimum Gasteiger partial charge on any atom is -0.329 e. The molecule has 2 N–H and O–H groups in total. The highest BCUT2D eigenvalue weighted by Crippen LogP contribution is 2.40. The normalized spacial score (nSPS) is 36.9. The van der Waals surface area contributed by atoms with E-state index in [-0.39, 0.29) is 0 Å². The summed E-state index contributed by atoms with van der Waals surface area (Å²) in [6.45, 7) is 5.70. The van der Waals surface area contributed by atoms with Crippen LogP contribution in [0.4, 0.5) is 0 Å². The number of hydrogen-bond donors (Lipinski definition) is 1. The number of nitrogens with two attached hydrogens (primary N) is 1. The molecule has 1 saturated carbocycles. The molecule has 100 valence electrons. The van der Waals surface area contributed by atoms with Crippen LogP contribution in [0, 0.1) is 5.92 Å². The lowest BCUT2D eigenvalue weighted by Gasteiger charge is -2.48. The van der Waals surface area contributed by atoms with Gasteiger partial charge in [0.25, 0.3) is 0 Å². The molecular weight excluding hydrogens is 210 g/mol. The highest BCUT2D eigenvalue weighted by molar-refractivity contribution is 5.01. The van der Waals surface area contributed by atoms with Gasteiger partial charge in [-0.15, -0.1) is 0 Å². The van der Waals surface area contributed by atoms with Gasteiger partial charge < -0.3 is 10.6 Å². The van der Waals surface area contributed by atoms with Gasteiger partial charge in [0.2, 0.25) is 0 Å². The number of rotatable bonds is 3. The summed E-state index contributed by atoms with van der Waals surface area (Å²) >= 11 is 0. The molecule has 0 amide bonds. The van der Waals surface area contributed by atoms with Crippen LogP contribution in [-0.4, -0.2) is 55.1 Å². The summed E-state index contributed by atoms with van der Waals surface area (Å²) in [7, 11) is 4.55. The van der Waals surface area contributed by atoms with Crippen LogP contribution in [0.1, 0.15) is 39.0 Å². The van der Waals surface area contributed by atoms with Gasteiger partial charge in [-0.25, -0.2) is 0 Å². The highest BCUT2D eigenvalue weighted by Gasteiger charge is 2.44. The summed E-state index contributed by atoms with van der Waals surface area (Å²) in [6.07, 6.45) is 6.62. The zero-order valence-electron chi connectivity index (χ0n) is 11.8. The van der Waals surface area contributed by atoms with Crippen molar-refractivity contribution in [3.8, 4) is 0 Å². The lowest BCUT2D eigenvalue weighted by molar-refractivity contribution is 0.0226. The van der Waals surface area contributed by atoms with Gasteiger partial charge in [0, 0.05) is 18.1 Å². The molecule has 0 spiro atoms. The first-order valence-corrected chi connectivity index (χ1v) is 7.21. The molecule has 17 heavy (non-hydrogen) atoms. The van der Waals surface area contributed by atoms with Crippen molar-refractivity contribution >= 4 is 0 Å². The lowest BCUT2D eigenvalue weighted by Crippen LogP contribution is -2.59. The molecule has 2 rings (SSSR count). The summed E-state index contributed by atoms with van der Waals surface area (Å²) < 4.78 is 0. The maximum absolute atomic E-state index is 6.14. The van der Waals surface area contributed by atoms with Crippen LogP contribution in [-0.2, 0) is 0 Å². The molecule has 2 atom stereocenters. The second-order valence-electron chi connectivity index (χ2n) is 6.25. The molecule has 3 nitrogen and oxygen atoms in total. The average molecular weight is 239 g/mol. The van der Waals surface area contributed by atoms with Gasteiger partial charge in [-0.2, -0.15) is 0 Å². The van der Waals surface area contributed by atoms with Crippen molar-refractivity contribution < 1.29 is 0 Å². The van der Waals surface area contributed by atoms with E-state index in [2.05, 4.69) is 30.8 Å². The first kappa shape index (κ1) is 13.3. The van der Waals surface area contributed by atoms with Gasteiger partial charge in [-0.1, -0.05) is 13.3 Å². The smallest absolute Gasteiger partial charge is 0.0357 e. The predicted molar refractivity (Wildman–Crippen MR) is 73.1 cm³/mol. The van der Waals surface area contributed by atoms with Crippen molar-refractivity contribution in [2.75, 3.05) is 33.7 Å². The topological polar surface area (TPSA) is 32.5 Å². The van der Waals surface area contributed by atoms with Gasteiger partial charge >= 0.3 is 0 Å². The fourth-order valence-electron chi connectivity index (χ4n) is 3.95. The van der Waals surface area contributed by atoms with Gasteiger partial charge in [-0.05, 0) is 58.8 Å². The molecule has 2 unspecified atom stereocenters. The van der Waals surface area contributed by atoms with E-state index in [9.17, 15) is 0 Å². The van der Waals surface area contributed by atoms with Gasteiger partial charge in [0.05, 0.1) is 0 Å². The number of likely N-dealkylation sites (tertiary alicyclic amines) is 1. The Bertz CT molecular complexity index is 248. The fraction of sp³-hybridized carbons (Fsp3) is 1.00. The Balaban J connectivity index is 2.04. The fourth-order valence-corrected chi connectivity index (χ4v) is 3.95. The van der Waals surface area contributed by atoms with Crippen LogP contribution in [0.5, 0.6) is 0 Å². The Morgan fingerprint density at radius 3 is 2.41 bits per heavy atom. The van der Waals surface area contributed by atoms with Crippen molar-refractivity contribution in [2.45, 2.75) is 50.6 Å². The van der Waals surface area contributed by atoms with Gasteiger partial charge in [-0.3, -0.25) is 4.90 Å². The number of hydrogen-bond acceptors (Lipinski definition) is 3. The van der Waals surface area contributed by atoms with Gasteiger partial charge in [0.15, 0.2) is 0 Å². The number of likely N-dealkylation sites (N-methyl/N-ethyl adjacent to an activating group) is 1. The maximum atomic E-state index is 6.14. The largest absolute Gasteiger partial charge is 0.329 e. The van der Waals surface area contributed by atoms with Crippen LogP contribution in [0.3, 0.4) is 0 Å². The summed E-state index contributed by atoms with van der Waals surface area (Å²) in [4.78, 5) is 5.09.